The summed E-state index contributed by atoms with van der Waals surface area (Å²) in [4.78, 5) is 11.8. The van der Waals surface area contributed by atoms with Gasteiger partial charge in [0.05, 0.1) is 0 Å². The van der Waals surface area contributed by atoms with Gasteiger partial charge in [0.1, 0.15) is 6.10 Å². The molecule has 3 N–H and O–H groups in total. The number of carbonyl (C=O) groups is 1. The Kier molecular flexibility index (Phi) is 7.85. The average molecular weight is 306 g/mol. The Morgan fingerprint density at radius 3 is 2.25 bits per heavy atom. The van der Waals surface area contributed by atoms with Gasteiger partial charge in [-0.3, -0.25) is 0 Å². The first-order valence-corrected chi connectivity index (χ1v) is 7.81. The second-order valence-electron chi connectivity index (χ2n) is 6.19. The van der Waals surface area contributed by atoms with Crippen LogP contribution in [0.1, 0.15) is 64.2 Å². The van der Waals surface area contributed by atoms with Crippen LogP contribution in [0.3, 0.4) is 0 Å². The Morgan fingerprint density at radius 1 is 1.10 bits per heavy atom. The van der Waals surface area contributed by atoms with Gasteiger partial charge in [0.2, 0.25) is 0 Å². The zero-order chi connectivity index (χ0) is 13.7. The molecule has 0 spiro atoms. The van der Waals surface area contributed by atoms with Crippen molar-refractivity contribution < 1.29 is 14.6 Å². The summed E-state index contributed by atoms with van der Waals surface area (Å²) in [6.07, 6.45) is 9.83. The number of hydrogen-bond donors (Lipinski definition) is 2. The van der Waals surface area contributed by atoms with Gasteiger partial charge >= 0.3 is 5.97 Å². The summed E-state index contributed by atoms with van der Waals surface area (Å²) >= 11 is 0. The summed E-state index contributed by atoms with van der Waals surface area (Å²) in [7, 11) is 0. The van der Waals surface area contributed by atoms with E-state index in [0.29, 0.717) is 5.92 Å². The first-order valence-electron chi connectivity index (χ1n) is 7.81. The van der Waals surface area contributed by atoms with Gasteiger partial charge in [0.25, 0.3) is 0 Å². The third-order valence-corrected chi connectivity index (χ3v) is 4.56. The minimum Gasteiger partial charge on any atom is -0.460 e. The molecule has 1 unspecified atom stereocenters. The van der Waals surface area contributed by atoms with Crippen molar-refractivity contribution in [2.24, 2.45) is 11.7 Å². The molecule has 2 atom stereocenters. The molecule has 0 aromatic carbocycles. The van der Waals surface area contributed by atoms with Crippen LogP contribution in [0.4, 0.5) is 0 Å². The smallest absolute Gasteiger partial charge is 0.336 e. The summed E-state index contributed by atoms with van der Waals surface area (Å²) in [6.45, 7) is 0. The van der Waals surface area contributed by atoms with E-state index in [9.17, 15) is 9.90 Å². The largest absolute Gasteiger partial charge is 0.460 e. The first-order chi connectivity index (χ1) is 9.16. The molecule has 2 fully saturated rings. The molecule has 0 saturated heterocycles. The Morgan fingerprint density at radius 2 is 1.65 bits per heavy atom. The maximum Gasteiger partial charge on any atom is 0.336 e. The highest BCUT2D eigenvalue weighted by Gasteiger charge is 2.30. The number of aliphatic hydroxyl groups is 1. The SMILES string of the molecule is Cl.N[C@@H](CC1CCCCC1)C(O)C(=O)OC1CCCC1. The Balaban J connectivity index is 0.00000200. The highest BCUT2D eigenvalue weighted by molar-refractivity contribution is 5.85. The molecule has 0 bridgehead atoms. The minimum atomic E-state index is -1.15. The number of aliphatic hydroxyl groups excluding tert-OH is 1. The van der Waals surface area contributed by atoms with Crippen molar-refractivity contribution in [1.82, 2.24) is 0 Å². The van der Waals surface area contributed by atoms with Crippen LogP contribution in [-0.4, -0.2) is 29.3 Å². The second kappa shape index (κ2) is 8.85. The Labute approximate surface area is 127 Å². The fraction of sp³-hybridized carbons (Fsp3) is 0.933. The highest BCUT2D eigenvalue weighted by Crippen LogP contribution is 2.28. The Hall–Kier alpha value is -0.320. The van der Waals surface area contributed by atoms with Crippen LogP contribution in [0.15, 0.2) is 0 Å². The van der Waals surface area contributed by atoms with E-state index in [1.807, 2.05) is 0 Å². The lowest BCUT2D eigenvalue weighted by atomic mass is 9.84. The van der Waals surface area contributed by atoms with E-state index in [1.165, 1.54) is 32.1 Å². The van der Waals surface area contributed by atoms with Crippen LogP contribution in [0.25, 0.3) is 0 Å². The second-order valence-corrected chi connectivity index (χ2v) is 6.19. The predicted molar refractivity (Wildman–Crippen MR) is 80.8 cm³/mol. The predicted octanol–water partition coefficient (Wildman–Crippen LogP) is 2.55. The van der Waals surface area contributed by atoms with E-state index < -0.39 is 18.1 Å². The zero-order valence-corrected chi connectivity index (χ0v) is 12.9. The summed E-state index contributed by atoms with van der Waals surface area (Å²) in [5, 5.41) is 9.98. The first kappa shape index (κ1) is 17.7. The van der Waals surface area contributed by atoms with Crippen LogP contribution in [0.2, 0.25) is 0 Å². The van der Waals surface area contributed by atoms with Gasteiger partial charge < -0.3 is 15.6 Å². The molecule has 20 heavy (non-hydrogen) atoms. The van der Waals surface area contributed by atoms with E-state index in [1.54, 1.807) is 0 Å². The molecular weight excluding hydrogens is 278 g/mol. The van der Waals surface area contributed by atoms with Crippen molar-refractivity contribution in [2.75, 3.05) is 0 Å². The lowest BCUT2D eigenvalue weighted by Crippen LogP contribution is -2.43. The topological polar surface area (TPSA) is 72.5 Å². The average Bonchev–Trinajstić information content (AvgIpc) is 2.91. The lowest BCUT2D eigenvalue weighted by Gasteiger charge is -2.26. The molecule has 2 saturated carbocycles. The van der Waals surface area contributed by atoms with Crippen molar-refractivity contribution in [1.29, 1.82) is 0 Å². The summed E-state index contributed by atoms with van der Waals surface area (Å²) < 4.78 is 5.31. The number of rotatable bonds is 5. The molecule has 2 rings (SSSR count). The number of carbonyl (C=O) groups excluding carboxylic acids is 1. The number of halogens is 1. The minimum absolute atomic E-state index is 0. The van der Waals surface area contributed by atoms with Gasteiger partial charge in [-0.1, -0.05) is 32.1 Å². The highest BCUT2D eigenvalue weighted by atomic mass is 35.5. The van der Waals surface area contributed by atoms with E-state index in [-0.39, 0.29) is 18.5 Å². The molecule has 0 heterocycles. The molecule has 0 aromatic rings. The molecule has 0 aliphatic heterocycles. The van der Waals surface area contributed by atoms with Crippen LogP contribution < -0.4 is 5.73 Å². The molecule has 2 aliphatic carbocycles. The van der Waals surface area contributed by atoms with Crippen molar-refractivity contribution in [3.63, 3.8) is 0 Å². The number of esters is 1. The lowest BCUT2D eigenvalue weighted by molar-refractivity contribution is -0.160. The van der Waals surface area contributed by atoms with E-state index in [4.69, 9.17) is 10.5 Å². The van der Waals surface area contributed by atoms with Crippen molar-refractivity contribution in [3.8, 4) is 0 Å². The molecule has 2 aliphatic rings. The molecule has 0 aromatic heterocycles. The van der Waals surface area contributed by atoms with Gasteiger partial charge in [-0.2, -0.15) is 0 Å². The zero-order valence-electron chi connectivity index (χ0n) is 12.1. The van der Waals surface area contributed by atoms with Crippen LogP contribution in [0.5, 0.6) is 0 Å². The molecule has 0 radical (unpaired) electrons. The fourth-order valence-corrected chi connectivity index (χ4v) is 3.35. The van der Waals surface area contributed by atoms with Crippen LogP contribution in [0, 0.1) is 5.92 Å². The van der Waals surface area contributed by atoms with Gasteiger partial charge in [-0.05, 0) is 38.0 Å². The summed E-state index contributed by atoms with van der Waals surface area (Å²) in [5.41, 5.74) is 5.97. The molecule has 4 nitrogen and oxygen atoms in total. The maximum absolute atomic E-state index is 11.8. The third kappa shape index (κ3) is 5.23. The summed E-state index contributed by atoms with van der Waals surface area (Å²) in [6, 6.07) is -0.475. The van der Waals surface area contributed by atoms with Crippen LogP contribution in [-0.2, 0) is 9.53 Å². The van der Waals surface area contributed by atoms with Gasteiger partial charge in [0, 0.05) is 6.04 Å². The number of ether oxygens (including phenoxy) is 1. The van der Waals surface area contributed by atoms with Crippen molar-refractivity contribution in [2.45, 2.75) is 82.5 Å². The third-order valence-electron chi connectivity index (χ3n) is 4.56. The van der Waals surface area contributed by atoms with E-state index in [0.717, 1.165) is 32.1 Å². The quantitative estimate of drug-likeness (QED) is 0.766. The normalized spacial score (nSPS) is 23.9. The van der Waals surface area contributed by atoms with Crippen LogP contribution >= 0.6 is 12.4 Å². The molecule has 0 amide bonds. The van der Waals surface area contributed by atoms with Crippen molar-refractivity contribution in [3.05, 3.63) is 0 Å². The number of nitrogens with two attached hydrogens (primary N) is 1. The monoisotopic (exact) mass is 305 g/mol. The van der Waals surface area contributed by atoms with Gasteiger partial charge in [-0.15, -0.1) is 12.4 Å². The van der Waals surface area contributed by atoms with Crippen molar-refractivity contribution >= 4 is 18.4 Å². The Bertz CT molecular complexity index is 289. The molecule has 118 valence electrons. The van der Waals surface area contributed by atoms with E-state index >= 15 is 0 Å². The fourth-order valence-electron chi connectivity index (χ4n) is 3.35. The van der Waals surface area contributed by atoms with Gasteiger partial charge in [-0.25, -0.2) is 4.79 Å². The molecular formula is C15H28ClNO3. The van der Waals surface area contributed by atoms with Gasteiger partial charge in [0.15, 0.2) is 6.10 Å². The number of hydrogen-bond acceptors (Lipinski definition) is 4. The summed E-state index contributed by atoms with van der Waals surface area (Å²) in [5.74, 6) is 0.0490. The standard InChI is InChI=1S/C15H27NO3.ClH/c16-13(10-11-6-2-1-3-7-11)14(17)15(18)19-12-8-4-5-9-12;/h11-14,17H,1-10,16H2;1H/t13-,14?;/m0./s1. The maximum atomic E-state index is 11.8. The molecule has 5 heteroatoms. The van der Waals surface area contributed by atoms with E-state index in [2.05, 4.69) is 0 Å².